The maximum atomic E-state index is 12.7. The van der Waals surface area contributed by atoms with Gasteiger partial charge in [-0.15, -0.1) is 0 Å². The monoisotopic (exact) mass is 358 g/mol. The van der Waals surface area contributed by atoms with E-state index in [0.29, 0.717) is 12.2 Å². The van der Waals surface area contributed by atoms with Crippen molar-refractivity contribution in [3.05, 3.63) is 29.8 Å². The summed E-state index contributed by atoms with van der Waals surface area (Å²) in [7, 11) is 1.44. The minimum atomic E-state index is -0.934. The summed E-state index contributed by atoms with van der Waals surface area (Å²) in [6.45, 7) is 1.51. The Morgan fingerprint density at radius 1 is 1.12 bits per heavy atom. The number of carbonyl (C=O) groups excluding carboxylic acids is 4. The number of urea groups is 1. The summed E-state index contributed by atoms with van der Waals surface area (Å²) in [5.74, 6) is -1.71. The highest BCUT2D eigenvalue weighted by molar-refractivity contribution is 6.45. The smallest absolute Gasteiger partial charge is 0.334 e. The van der Waals surface area contributed by atoms with Crippen molar-refractivity contribution in [1.29, 1.82) is 0 Å². The Hall–Kier alpha value is -2.70. The molecular formula is C19H22N2O5. The number of hydrogen-bond acceptors (Lipinski definition) is 5. The van der Waals surface area contributed by atoms with E-state index in [9.17, 15) is 19.2 Å². The van der Waals surface area contributed by atoms with Crippen LogP contribution in [0, 0.1) is 5.92 Å². The van der Waals surface area contributed by atoms with Crippen LogP contribution in [-0.2, 0) is 9.59 Å². The zero-order chi connectivity index (χ0) is 18.8. The molecule has 0 aromatic heterocycles. The number of carbonyl (C=O) groups is 4. The van der Waals surface area contributed by atoms with Gasteiger partial charge in [0.15, 0.2) is 5.78 Å². The second kappa shape index (κ2) is 7.27. The Balaban J connectivity index is 1.80. The van der Waals surface area contributed by atoms with Crippen LogP contribution in [-0.4, -0.2) is 53.1 Å². The summed E-state index contributed by atoms with van der Waals surface area (Å²) in [6.07, 6.45) is 3.58. The van der Waals surface area contributed by atoms with Crippen LogP contribution in [0.3, 0.4) is 0 Å². The standard InChI is InChI=1S/C19H22N2O5/c1-12-7-3-5-9-14(12)21-18(24)17(23)20(19(21)25)11-15(22)13-8-4-6-10-16(13)26-2/h4,6,8,10,12,14H,3,5,7,9,11H2,1-2H3/t12-,14+/m0/s1. The molecule has 1 aliphatic heterocycles. The largest absolute Gasteiger partial charge is 0.496 e. The van der Waals surface area contributed by atoms with Gasteiger partial charge in [0.1, 0.15) is 5.75 Å². The van der Waals surface area contributed by atoms with Gasteiger partial charge < -0.3 is 4.74 Å². The maximum Gasteiger partial charge on any atom is 0.334 e. The van der Waals surface area contributed by atoms with Crippen LogP contribution in [0.4, 0.5) is 4.79 Å². The van der Waals surface area contributed by atoms with E-state index in [-0.39, 0.29) is 17.5 Å². The average Bonchev–Trinajstić information content (AvgIpc) is 2.85. The molecule has 1 aliphatic carbocycles. The third-order valence-electron chi connectivity index (χ3n) is 5.19. The van der Waals surface area contributed by atoms with Gasteiger partial charge in [-0.2, -0.15) is 0 Å². The first kappa shape index (κ1) is 18.1. The van der Waals surface area contributed by atoms with Crippen LogP contribution in [0.5, 0.6) is 5.75 Å². The number of rotatable bonds is 5. The fourth-order valence-electron chi connectivity index (χ4n) is 3.74. The Labute approximate surface area is 151 Å². The predicted molar refractivity (Wildman–Crippen MR) is 92.7 cm³/mol. The molecule has 138 valence electrons. The lowest BCUT2D eigenvalue weighted by molar-refractivity contribution is -0.144. The molecule has 2 aliphatic rings. The van der Waals surface area contributed by atoms with Crippen LogP contribution >= 0.6 is 0 Å². The second-order valence-electron chi connectivity index (χ2n) is 6.80. The summed E-state index contributed by atoms with van der Waals surface area (Å²) in [4.78, 5) is 51.8. The molecule has 0 bridgehead atoms. The number of methoxy groups -OCH3 is 1. The van der Waals surface area contributed by atoms with E-state index in [0.717, 1.165) is 29.1 Å². The van der Waals surface area contributed by atoms with Gasteiger partial charge in [-0.3, -0.25) is 19.3 Å². The third kappa shape index (κ3) is 3.09. The zero-order valence-electron chi connectivity index (χ0n) is 14.9. The number of benzene rings is 1. The molecule has 1 saturated heterocycles. The predicted octanol–water partition coefficient (Wildman–Crippen LogP) is 2.25. The molecule has 7 heteroatoms. The van der Waals surface area contributed by atoms with E-state index >= 15 is 0 Å². The molecule has 2 fully saturated rings. The van der Waals surface area contributed by atoms with Gasteiger partial charge in [-0.25, -0.2) is 9.69 Å². The normalized spacial score (nSPS) is 23.5. The summed E-state index contributed by atoms with van der Waals surface area (Å²) in [6, 6.07) is 5.61. The van der Waals surface area contributed by atoms with Crippen molar-refractivity contribution in [2.75, 3.05) is 13.7 Å². The number of amides is 4. The Morgan fingerprint density at radius 3 is 2.50 bits per heavy atom. The van der Waals surface area contributed by atoms with Gasteiger partial charge in [0.05, 0.1) is 19.2 Å². The summed E-state index contributed by atoms with van der Waals surface area (Å²) in [5.41, 5.74) is 0.271. The number of Topliss-reactive ketones (excluding diaryl/α,β-unsaturated/α-hetero) is 1. The van der Waals surface area contributed by atoms with Crippen LogP contribution in [0.15, 0.2) is 24.3 Å². The first-order valence-corrected chi connectivity index (χ1v) is 8.81. The van der Waals surface area contributed by atoms with Crippen LogP contribution in [0.1, 0.15) is 43.0 Å². The lowest BCUT2D eigenvalue weighted by atomic mass is 9.85. The highest BCUT2D eigenvalue weighted by atomic mass is 16.5. The fourth-order valence-corrected chi connectivity index (χ4v) is 3.74. The number of para-hydroxylation sites is 1. The molecular weight excluding hydrogens is 336 g/mol. The van der Waals surface area contributed by atoms with E-state index in [1.165, 1.54) is 7.11 Å². The number of ketones is 1. The lowest BCUT2D eigenvalue weighted by Gasteiger charge is -2.34. The number of hydrogen-bond donors (Lipinski definition) is 0. The average molecular weight is 358 g/mol. The molecule has 26 heavy (non-hydrogen) atoms. The zero-order valence-corrected chi connectivity index (χ0v) is 14.9. The van der Waals surface area contributed by atoms with E-state index in [1.54, 1.807) is 24.3 Å². The Bertz CT molecular complexity index is 760. The molecule has 4 amide bonds. The SMILES string of the molecule is COc1ccccc1C(=O)CN1C(=O)C(=O)N([C@@H]2CCCC[C@@H]2C)C1=O. The first-order chi connectivity index (χ1) is 12.5. The summed E-state index contributed by atoms with van der Waals surface area (Å²) in [5, 5.41) is 0. The third-order valence-corrected chi connectivity index (χ3v) is 5.19. The van der Waals surface area contributed by atoms with Crippen molar-refractivity contribution in [2.45, 2.75) is 38.6 Å². The molecule has 3 rings (SSSR count). The lowest BCUT2D eigenvalue weighted by Crippen LogP contribution is -2.46. The first-order valence-electron chi connectivity index (χ1n) is 8.81. The van der Waals surface area contributed by atoms with Gasteiger partial charge in [0.25, 0.3) is 0 Å². The van der Waals surface area contributed by atoms with E-state index in [2.05, 4.69) is 0 Å². The molecule has 1 aromatic carbocycles. The molecule has 0 N–H and O–H groups in total. The van der Waals surface area contributed by atoms with Crippen LogP contribution < -0.4 is 4.74 Å². The second-order valence-corrected chi connectivity index (χ2v) is 6.80. The van der Waals surface area contributed by atoms with Gasteiger partial charge in [-0.1, -0.05) is 31.9 Å². The van der Waals surface area contributed by atoms with Gasteiger partial charge in [0, 0.05) is 6.04 Å². The molecule has 1 aromatic rings. The van der Waals surface area contributed by atoms with E-state index in [1.807, 2.05) is 6.92 Å². The number of nitrogens with zero attached hydrogens (tertiary/aromatic N) is 2. The molecule has 7 nitrogen and oxygen atoms in total. The van der Waals surface area contributed by atoms with Crippen LogP contribution in [0.2, 0.25) is 0 Å². The van der Waals surface area contributed by atoms with Gasteiger partial charge in [-0.05, 0) is 30.9 Å². The molecule has 0 spiro atoms. The van der Waals surface area contributed by atoms with Crippen molar-refractivity contribution in [1.82, 2.24) is 9.80 Å². The summed E-state index contributed by atoms with van der Waals surface area (Å²) < 4.78 is 5.15. The highest BCUT2D eigenvalue weighted by Crippen LogP contribution is 2.31. The van der Waals surface area contributed by atoms with Crippen molar-refractivity contribution < 1.29 is 23.9 Å². The molecule has 0 radical (unpaired) electrons. The Morgan fingerprint density at radius 2 is 1.81 bits per heavy atom. The fraction of sp³-hybridized carbons (Fsp3) is 0.474. The van der Waals surface area contributed by atoms with Gasteiger partial charge in [0.2, 0.25) is 0 Å². The minimum absolute atomic E-state index is 0.148. The molecule has 1 saturated carbocycles. The van der Waals surface area contributed by atoms with Crippen molar-refractivity contribution in [3.8, 4) is 5.75 Å². The molecule has 2 atom stereocenters. The quantitative estimate of drug-likeness (QED) is 0.458. The number of ether oxygens (including phenoxy) is 1. The van der Waals surface area contributed by atoms with Crippen molar-refractivity contribution in [2.24, 2.45) is 5.92 Å². The van der Waals surface area contributed by atoms with Gasteiger partial charge >= 0.3 is 17.8 Å². The molecule has 0 unspecified atom stereocenters. The van der Waals surface area contributed by atoms with Crippen molar-refractivity contribution >= 4 is 23.6 Å². The highest BCUT2D eigenvalue weighted by Gasteiger charge is 2.49. The van der Waals surface area contributed by atoms with Crippen molar-refractivity contribution in [3.63, 3.8) is 0 Å². The topological polar surface area (TPSA) is 84.0 Å². The Kier molecular flexibility index (Phi) is 5.06. The number of imide groups is 2. The molecule has 1 heterocycles. The van der Waals surface area contributed by atoms with E-state index < -0.39 is 30.2 Å². The minimum Gasteiger partial charge on any atom is -0.496 e. The maximum absolute atomic E-state index is 12.7. The summed E-state index contributed by atoms with van der Waals surface area (Å²) >= 11 is 0. The van der Waals surface area contributed by atoms with Crippen LogP contribution in [0.25, 0.3) is 0 Å². The van der Waals surface area contributed by atoms with E-state index in [4.69, 9.17) is 4.74 Å².